The Morgan fingerprint density at radius 2 is 2.04 bits per heavy atom. The van der Waals surface area contributed by atoms with Crippen LogP contribution in [0.3, 0.4) is 0 Å². The quantitative estimate of drug-likeness (QED) is 0.505. The molecule has 0 radical (unpaired) electrons. The fourth-order valence-electron chi connectivity index (χ4n) is 4.42. The zero-order valence-corrected chi connectivity index (χ0v) is 15.9. The van der Waals surface area contributed by atoms with Gasteiger partial charge in [-0.05, 0) is 38.0 Å². The van der Waals surface area contributed by atoms with E-state index in [1.54, 1.807) is 0 Å². The van der Waals surface area contributed by atoms with Gasteiger partial charge in [0.05, 0.1) is 19.2 Å². The molecule has 148 valence electrons. The molecule has 1 aliphatic carbocycles. The molecule has 1 amide bonds. The summed E-state index contributed by atoms with van der Waals surface area (Å²) in [6, 6.07) is -0.385. The Balaban J connectivity index is 1.51. The molecular weight excluding hydrogens is 334 g/mol. The molecule has 2 saturated heterocycles. The van der Waals surface area contributed by atoms with E-state index in [9.17, 15) is 9.59 Å². The van der Waals surface area contributed by atoms with Crippen LogP contribution in [-0.4, -0.2) is 61.9 Å². The van der Waals surface area contributed by atoms with Crippen LogP contribution in [-0.2, 0) is 14.3 Å². The molecule has 0 aromatic rings. The van der Waals surface area contributed by atoms with Gasteiger partial charge in [0.15, 0.2) is 0 Å². The smallest absolute Gasteiger partial charge is 0.310 e. The third-order valence-corrected chi connectivity index (χ3v) is 6.17. The van der Waals surface area contributed by atoms with Crippen molar-refractivity contribution in [2.75, 3.05) is 26.9 Å². The second kappa shape index (κ2) is 9.12. The largest absolute Gasteiger partial charge is 0.469 e. The molecule has 0 bridgehead atoms. The van der Waals surface area contributed by atoms with Crippen LogP contribution >= 0.6 is 0 Å². The van der Waals surface area contributed by atoms with Crippen molar-refractivity contribution in [3.8, 4) is 0 Å². The van der Waals surface area contributed by atoms with Gasteiger partial charge in [-0.15, -0.1) is 0 Å². The lowest BCUT2D eigenvalue weighted by atomic mass is 9.76. The summed E-state index contributed by atoms with van der Waals surface area (Å²) in [6.45, 7) is 5.08. The minimum Gasteiger partial charge on any atom is -0.469 e. The first-order valence-corrected chi connectivity index (χ1v) is 9.96. The van der Waals surface area contributed by atoms with E-state index < -0.39 is 0 Å². The number of nitrogens with zero attached hydrogens (tertiary/aromatic N) is 1. The third-order valence-electron chi connectivity index (χ3n) is 6.17. The van der Waals surface area contributed by atoms with E-state index in [-0.39, 0.29) is 36.0 Å². The lowest BCUT2D eigenvalue weighted by Gasteiger charge is -2.38. The number of hydrogen-bond donors (Lipinski definition) is 4. The molecule has 3 aliphatic rings. The maximum atomic E-state index is 12.7. The van der Waals surface area contributed by atoms with E-state index in [2.05, 4.69) is 33.3 Å². The molecule has 0 spiro atoms. The van der Waals surface area contributed by atoms with Crippen LogP contribution in [0, 0.1) is 11.8 Å². The Bertz CT molecular complexity index is 489. The number of carbonyl (C=O) groups is 2. The van der Waals surface area contributed by atoms with Gasteiger partial charge in [0.25, 0.3) is 0 Å². The summed E-state index contributed by atoms with van der Waals surface area (Å²) >= 11 is 0. The van der Waals surface area contributed by atoms with Gasteiger partial charge in [-0.25, -0.2) is 10.9 Å². The summed E-state index contributed by atoms with van der Waals surface area (Å²) in [5, 5.41) is 6.44. The van der Waals surface area contributed by atoms with Crippen molar-refractivity contribution in [2.45, 2.75) is 63.7 Å². The monoisotopic (exact) mass is 367 g/mol. The van der Waals surface area contributed by atoms with Gasteiger partial charge in [0.1, 0.15) is 6.04 Å². The lowest BCUT2D eigenvalue weighted by molar-refractivity contribution is -0.148. The maximum Gasteiger partial charge on any atom is 0.310 e. The van der Waals surface area contributed by atoms with Crippen LogP contribution in [0.2, 0.25) is 0 Å². The van der Waals surface area contributed by atoms with Gasteiger partial charge < -0.3 is 15.4 Å². The maximum absolute atomic E-state index is 12.7. The molecule has 5 atom stereocenters. The first-order chi connectivity index (χ1) is 12.6. The number of carbonyl (C=O) groups excluding carboxylic acids is 2. The minimum absolute atomic E-state index is 0.0238. The Labute approximate surface area is 155 Å². The molecule has 3 rings (SSSR count). The summed E-state index contributed by atoms with van der Waals surface area (Å²) in [4.78, 5) is 27.2. The van der Waals surface area contributed by atoms with Crippen LogP contribution in [0.25, 0.3) is 0 Å². The Hall–Kier alpha value is -1.22. The van der Waals surface area contributed by atoms with Crippen molar-refractivity contribution in [2.24, 2.45) is 11.8 Å². The Kier molecular flexibility index (Phi) is 6.86. The summed E-state index contributed by atoms with van der Waals surface area (Å²) < 4.78 is 4.98. The van der Waals surface area contributed by atoms with E-state index in [4.69, 9.17) is 4.74 Å². The average Bonchev–Trinajstić information content (AvgIpc) is 3.22. The molecule has 1 saturated carbocycles. The second-order valence-corrected chi connectivity index (χ2v) is 7.74. The normalized spacial score (nSPS) is 35.8. The van der Waals surface area contributed by atoms with E-state index in [1.165, 1.54) is 7.11 Å². The number of amides is 1. The first-order valence-electron chi connectivity index (χ1n) is 9.96. The molecule has 3 fully saturated rings. The van der Waals surface area contributed by atoms with Gasteiger partial charge in [-0.1, -0.05) is 13.3 Å². The molecule has 4 N–H and O–H groups in total. The fraction of sp³-hybridized carbons (Fsp3) is 0.889. The Morgan fingerprint density at radius 1 is 1.19 bits per heavy atom. The SMILES string of the molecule is CCC1CCC(NC(=O)C2CCC(N3CCNC3)NN2)C(C(=O)OC)C1. The van der Waals surface area contributed by atoms with Crippen molar-refractivity contribution in [1.29, 1.82) is 0 Å². The van der Waals surface area contributed by atoms with E-state index in [0.717, 1.165) is 58.3 Å². The zero-order chi connectivity index (χ0) is 18.5. The van der Waals surface area contributed by atoms with Crippen molar-refractivity contribution >= 4 is 11.9 Å². The molecule has 0 aromatic heterocycles. The summed E-state index contributed by atoms with van der Waals surface area (Å²) in [6.07, 6.45) is 5.73. The lowest BCUT2D eigenvalue weighted by Crippen LogP contribution is -2.62. The number of hydrogen-bond acceptors (Lipinski definition) is 7. The first kappa shape index (κ1) is 19.5. The predicted molar refractivity (Wildman–Crippen MR) is 97.7 cm³/mol. The second-order valence-electron chi connectivity index (χ2n) is 7.74. The molecule has 0 aromatic carbocycles. The van der Waals surface area contributed by atoms with Crippen molar-refractivity contribution < 1.29 is 14.3 Å². The molecule has 26 heavy (non-hydrogen) atoms. The predicted octanol–water partition coefficient (Wildman–Crippen LogP) is -0.0841. The number of esters is 1. The summed E-state index contributed by atoms with van der Waals surface area (Å²) in [5.74, 6) is 0.0771. The molecule has 2 heterocycles. The zero-order valence-electron chi connectivity index (χ0n) is 15.9. The van der Waals surface area contributed by atoms with Crippen molar-refractivity contribution in [3.63, 3.8) is 0 Å². The van der Waals surface area contributed by atoms with Gasteiger partial charge >= 0.3 is 5.97 Å². The Morgan fingerprint density at radius 3 is 2.65 bits per heavy atom. The van der Waals surface area contributed by atoms with E-state index in [1.807, 2.05) is 0 Å². The van der Waals surface area contributed by atoms with Gasteiger partial charge in [-0.2, -0.15) is 0 Å². The van der Waals surface area contributed by atoms with Crippen molar-refractivity contribution in [3.05, 3.63) is 0 Å². The number of rotatable bonds is 5. The molecule has 2 aliphatic heterocycles. The highest BCUT2D eigenvalue weighted by Gasteiger charge is 2.38. The highest BCUT2D eigenvalue weighted by Crippen LogP contribution is 2.32. The van der Waals surface area contributed by atoms with Crippen molar-refractivity contribution in [1.82, 2.24) is 26.4 Å². The third kappa shape index (κ3) is 4.54. The number of methoxy groups -OCH3 is 1. The number of nitrogens with one attached hydrogen (secondary N) is 4. The molecule has 5 unspecified atom stereocenters. The van der Waals surface area contributed by atoms with Gasteiger partial charge in [0.2, 0.25) is 5.91 Å². The minimum atomic E-state index is -0.260. The summed E-state index contributed by atoms with van der Waals surface area (Å²) in [5.41, 5.74) is 6.44. The highest BCUT2D eigenvalue weighted by atomic mass is 16.5. The molecule has 8 nitrogen and oxygen atoms in total. The summed E-state index contributed by atoms with van der Waals surface area (Å²) in [7, 11) is 1.43. The van der Waals surface area contributed by atoms with Crippen LogP contribution in [0.15, 0.2) is 0 Å². The standard InChI is InChI=1S/C18H33N5O3/c1-3-12-4-5-14(13(10-12)18(25)26-2)20-17(24)15-6-7-16(22-21-15)23-9-8-19-11-23/h12-16,19,21-22H,3-11H2,1-2H3,(H,20,24). The van der Waals surface area contributed by atoms with Crippen LogP contribution in [0.4, 0.5) is 0 Å². The fourth-order valence-corrected chi connectivity index (χ4v) is 4.42. The van der Waals surface area contributed by atoms with E-state index >= 15 is 0 Å². The highest BCUT2D eigenvalue weighted by molar-refractivity contribution is 5.83. The van der Waals surface area contributed by atoms with Gasteiger partial charge in [0, 0.05) is 25.8 Å². The molecular formula is C18H33N5O3. The molecule has 8 heteroatoms. The average molecular weight is 367 g/mol. The number of hydrazine groups is 1. The van der Waals surface area contributed by atoms with Crippen LogP contribution < -0.4 is 21.5 Å². The topological polar surface area (TPSA) is 94.7 Å². The van der Waals surface area contributed by atoms with Crippen LogP contribution in [0.5, 0.6) is 0 Å². The van der Waals surface area contributed by atoms with Crippen LogP contribution in [0.1, 0.15) is 45.4 Å². The van der Waals surface area contributed by atoms with Gasteiger partial charge in [-0.3, -0.25) is 14.5 Å². The van der Waals surface area contributed by atoms with E-state index in [0.29, 0.717) is 5.92 Å². The number of ether oxygens (including phenoxy) is 1.